The Hall–Kier alpha value is -2.78. The fourth-order valence-corrected chi connectivity index (χ4v) is 5.65. The van der Waals surface area contributed by atoms with Gasteiger partial charge in [-0.1, -0.05) is 17.7 Å². The fourth-order valence-electron chi connectivity index (χ4n) is 3.34. The largest absolute Gasteiger partial charge is 0.493 e. The van der Waals surface area contributed by atoms with Crippen molar-refractivity contribution in [3.05, 3.63) is 52.5 Å². The number of nitrogens with zero attached hydrogens (tertiary/aromatic N) is 1. The lowest BCUT2D eigenvalue weighted by atomic mass is 9.95. The van der Waals surface area contributed by atoms with E-state index in [0.717, 1.165) is 9.87 Å². The number of ether oxygens (including phenoxy) is 2. The number of nitrogens with one attached hydrogen (secondary N) is 1. The highest BCUT2D eigenvalue weighted by Gasteiger charge is 2.50. The maximum Gasteiger partial charge on any atom is 0.253 e. The number of anilines is 1. The molecule has 10 heteroatoms. The maximum absolute atomic E-state index is 12.7. The molecule has 0 atom stereocenters. The van der Waals surface area contributed by atoms with E-state index in [0.29, 0.717) is 11.5 Å². The van der Waals surface area contributed by atoms with Crippen LogP contribution >= 0.6 is 11.6 Å². The van der Waals surface area contributed by atoms with Crippen LogP contribution in [-0.2, 0) is 21.4 Å². The van der Waals surface area contributed by atoms with E-state index >= 15 is 0 Å². The second-order valence-corrected chi connectivity index (χ2v) is 9.97. The summed E-state index contributed by atoms with van der Waals surface area (Å²) in [6.45, 7) is 3.31. The lowest BCUT2D eigenvalue weighted by Crippen LogP contribution is -2.33. The van der Waals surface area contributed by atoms with E-state index in [-0.39, 0.29) is 28.6 Å². The fraction of sp³-hybridized carbons (Fsp3) is 0.333. The Balaban J connectivity index is 1.84. The molecule has 1 aliphatic heterocycles. The summed E-state index contributed by atoms with van der Waals surface area (Å²) < 4.78 is 36.2. The third-order valence-corrected chi connectivity index (χ3v) is 7.26. The number of methoxy groups -OCH3 is 2. The smallest absolute Gasteiger partial charge is 0.253 e. The van der Waals surface area contributed by atoms with Crippen LogP contribution in [0, 0.1) is 5.41 Å². The molecular weight excluding hydrogens is 444 g/mol. The van der Waals surface area contributed by atoms with Gasteiger partial charge in [0.1, 0.15) is 0 Å². The van der Waals surface area contributed by atoms with Gasteiger partial charge in [0.2, 0.25) is 15.9 Å². The van der Waals surface area contributed by atoms with E-state index in [1.54, 1.807) is 32.0 Å². The highest BCUT2D eigenvalue weighted by molar-refractivity contribution is 7.94. The first-order valence-corrected chi connectivity index (χ1v) is 11.3. The SMILES string of the molecule is COc1ccc(CNC(=O)c2cc(N3C(=O)C(C)(C)CS3(=O)=O)ccc2Cl)cc1OC. The first kappa shape index (κ1) is 22.9. The summed E-state index contributed by atoms with van der Waals surface area (Å²) in [6.07, 6.45) is 0. The minimum atomic E-state index is -3.84. The van der Waals surface area contributed by atoms with Crippen molar-refractivity contribution in [2.45, 2.75) is 20.4 Å². The van der Waals surface area contributed by atoms with E-state index < -0.39 is 27.3 Å². The highest BCUT2D eigenvalue weighted by atomic mass is 35.5. The van der Waals surface area contributed by atoms with Gasteiger partial charge in [-0.2, -0.15) is 0 Å². The van der Waals surface area contributed by atoms with Crippen LogP contribution in [0.4, 0.5) is 5.69 Å². The number of hydrogen-bond donors (Lipinski definition) is 1. The van der Waals surface area contributed by atoms with E-state index in [2.05, 4.69) is 5.32 Å². The van der Waals surface area contributed by atoms with Crippen LogP contribution in [0.5, 0.6) is 11.5 Å². The van der Waals surface area contributed by atoms with Crippen molar-refractivity contribution in [3.63, 3.8) is 0 Å². The molecule has 0 aliphatic carbocycles. The topological polar surface area (TPSA) is 102 Å². The van der Waals surface area contributed by atoms with E-state index in [1.165, 1.54) is 32.4 Å². The van der Waals surface area contributed by atoms with Crippen LogP contribution in [0.2, 0.25) is 5.02 Å². The van der Waals surface area contributed by atoms with Crippen LogP contribution in [0.25, 0.3) is 0 Å². The molecule has 1 N–H and O–H groups in total. The van der Waals surface area contributed by atoms with Crippen LogP contribution in [0.15, 0.2) is 36.4 Å². The number of carbonyl (C=O) groups excluding carboxylic acids is 2. The molecule has 0 aromatic heterocycles. The van der Waals surface area contributed by atoms with E-state index in [9.17, 15) is 18.0 Å². The monoisotopic (exact) mass is 466 g/mol. The third kappa shape index (κ3) is 4.47. The predicted octanol–water partition coefficient (Wildman–Crippen LogP) is 2.99. The van der Waals surface area contributed by atoms with Crippen molar-refractivity contribution in [2.75, 3.05) is 24.3 Å². The van der Waals surface area contributed by atoms with E-state index in [4.69, 9.17) is 21.1 Å². The Morgan fingerprint density at radius 1 is 1.13 bits per heavy atom. The van der Waals surface area contributed by atoms with Crippen LogP contribution < -0.4 is 19.1 Å². The van der Waals surface area contributed by atoms with Crippen LogP contribution in [0.1, 0.15) is 29.8 Å². The molecule has 2 aromatic carbocycles. The van der Waals surface area contributed by atoms with Crippen molar-refractivity contribution in [3.8, 4) is 11.5 Å². The van der Waals surface area contributed by atoms with Crippen LogP contribution in [0.3, 0.4) is 0 Å². The van der Waals surface area contributed by atoms with Gasteiger partial charge >= 0.3 is 0 Å². The summed E-state index contributed by atoms with van der Waals surface area (Å²) in [5.41, 5.74) is -0.144. The zero-order chi connectivity index (χ0) is 23.0. The number of benzene rings is 2. The Bertz CT molecular complexity index is 1150. The summed E-state index contributed by atoms with van der Waals surface area (Å²) >= 11 is 6.18. The van der Waals surface area contributed by atoms with E-state index in [1.807, 2.05) is 0 Å². The molecule has 2 aromatic rings. The average Bonchev–Trinajstić information content (AvgIpc) is 2.88. The quantitative estimate of drug-likeness (QED) is 0.702. The van der Waals surface area contributed by atoms with Gasteiger partial charge in [0.05, 0.1) is 41.7 Å². The molecule has 8 nitrogen and oxygen atoms in total. The predicted molar refractivity (Wildman–Crippen MR) is 117 cm³/mol. The molecule has 0 radical (unpaired) electrons. The van der Waals surface area contributed by atoms with Gasteiger partial charge in [-0.05, 0) is 49.7 Å². The molecule has 1 saturated heterocycles. The maximum atomic E-state index is 12.7. The van der Waals surface area contributed by atoms with Crippen molar-refractivity contribution in [1.82, 2.24) is 5.32 Å². The average molecular weight is 467 g/mol. The van der Waals surface area contributed by atoms with Crippen molar-refractivity contribution in [2.24, 2.45) is 5.41 Å². The molecule has 0 saturated carbocycles. The van der Waals surface area contributed by atoms with Gasteiger partial charge in [-0.15, -0.1) is 0 Å². The van der Waals surface area contributed by atoms with Gasteiger partial charge in [0, 0.05) is 6.54 Å². The number of halogens is 1. The molecule has 0 unspecified atom stereocenters. The second-order valence-electron chi connectivity index (χ2n) is 7.75. The zero-order valence-electron chi connectivity index (χ0n) is 17.6. The summed E-state index contributed by atoms with van der Waals surface area (Å²) in [6, 6.07) is 9.34. The normalized spacial score (nSPS) is 16.8. The van der Waals surface area contributed by atoms with Gasteiger partial charge in [-0.3, -0.25) is 9.59 Å². The Morgan fingerprint density at radius 2 is 1.81 bits per heavy atom. The summed E-state index contributed by atoms with van der Waals surface area (Å²) in [5, 5.41) is 2.87. The Labute approximate surface area is 186 Å². The summed E-state index contributed by atoms with van der Waals surface area (Å²) in [7, 11) is -0.796. The minimum absolute atomic E-state index is 0.0624. The number of amides is 2. The minimum Gasteiger partial charge on any atom is -0.493 e. The second kappa shape index (κ2) is 8.39. The molecule has 166 valence electrons. The first-order valence-electron chi connectivity index (χ1n) is 9.36. The van der Waals surface area contributed by atoms with Crippen molar-refractivity contribution < 1.29 is 27.5 Å². The van der Waals surface area contributed by atoms with Crippen LogP contribution in [-0.4, -0.2) is 40.2 Å². The molecule has 2 amide bonds. The van der Waals surface area contributed by atoms with Crippen molar-refractivity contribution >= 4 is 39.1 Å². The summed E-state index contributed by atoms with van der Waals surface area (Å²) in [4.78, 5) is 25.4. The molecule has 1 aliphatic rings. The van der Waals surface area contributed by atoms with Gasteiger partial charge in [0.15, 0.2) is 11.5 Å². The zero-order valence-corrected chi connectivity index (χ0v) is 19.1. The highest BCUT2D eigenvalue weighted by Crippen LogP contribution is 2.37. The van der Waals surface area contributed by atoms with Gasteiger partial charge in [-0.25, -0.2) is 12.7 Å². The molecule has 1 heterocycles. The Kier molecular flexibility index (Phi) is 6.20. The number of hydrogen-bond acceptors (Lipinski definition) is 6. The standard InChI is InChI=1S/C21H23ClN2O6S/c1-21(2)12-31(27,28)24(20(21)26)14-6-7-16(22)15(10-14)19(25)23-11-13-5-8-17(29-3)18(9-13)30-4/h5-10H,11-12H2,1-4H3,(H,23,25). The third-order valence-electron chi connectivity index (χ3n) is 4.91. The number of carbonyl (C=O) groups is 2. The number of sulfonamides is 1. The lowest BCUT2D eigenvalue weighted by molar-refractivity contribution is -0.123. The molecule has 0 bridgehead atoms. The van der Waals surface area contributed by atoms with Gasteiger partial charge in [0.25, 0.3) is 5.91 Å². The Morgan fingerprint density at radius 3 is 2.39 bits per heavy atom. The number of rotatable bonds is 6. The summed E-state index contributed by atoms with van der Waals surface area (Å²) in [5.74, 6) is -0.277. The molecule has 1 fully saturated rings. The molecule has 0 spiro atoms. The van der Waals surface area contributed by atoms with Crippen molar-refractivity contribution in [1.29, 1.82) is 0 Å². The first-order chi connectivity index (χ1) is 14.5. The molecule has 31 heavy (non-hydrogen) atoms. The van der Waals surface area contributed by atoms with Gasteiger partial charge < -0.3 is 14.8 Å². The lowest BCUT2D eigenvalue weighted by Gasteiger charge is -2.18. The molecule has 3 rings (SSSR count). The molecular formula is C21H23ClN2O6S.